The zero-order valence-electron chi connectivity index (χ0n) is 12.5. The van der Waals surface area contributed by atoms with E-state index in [1.165, 1.54) is 70.9 Å². The fourth-order valence-corrected chi connectivity index (χ4v) is 5.41. The molecule has 110 valence electrons. The lowest BCUT2D eigenvalue weighted by Crippen LogP contribution is -2.44. The molecule has 1 saturated carbocycles. The van der Waals surface area contributed by atoms with E-state index in [0.29, 0.717) is 0 Å². The van der Waals surface area contributed by atoms with E-state index >= 15 is 0 Å². The van der Waals surface area contributed by atoms with Crippen LogP contribution in [0.2, 0.25) is 0 Å². The van der Waals surface area contributed by atoms with Crippen molar-refractivity contribution >= 4 is 15.9 Å². The first kappa shape index (κ1) is 14.4. The van der Waals surface area contributed by atoms with Gasteiger partial charge in [0.25, 0.3) is 0 Å². The number of hydrogen-bond donors (Lipinski definition) is 0. The van der Waals surface area contributed by atoms with Gasteiger partial charge in [0.15, 0.2) is 0 Å². The molecule has 3 atom stereocenters. The highest BCUT2D eigenvalue weighted by Gasteiger charge is 2.35. The molecule has 2 heteroatoms. The average Bonchev–Trinajstić information content (AvgIpc) is 2.60. The van der Waals surface area contributed by atoms with Crippen molar-refractivity contribution in [1.82, 2.24) is 4.90 Å². The molecule has 19 heavy (non-hydrogen) atoms. The number of rotatable bonds is 1. The van der Waals surface area contributed by atoms with Gasteiger partial charge in [-0.25, -0.2) is 0 Å². The van der Waals surface area contributed by atoms with E-state index in [2.05, 4.69) is 27.8 Å². The molecule has 0 amide bonds. The summed E-state index contributed by atoms with van der Waals surface area (Å²) in [5.74, 6) is 2.98. The molecule has 0 radical (unpaired) electrons. The van der Waals surface area contributed by atoms with Crippen molar-refractivity contribution in [2.75, 3.05) is 13.1 Å². The normalized spacial score (nSPS) is 45.5. The Hall–Kier alpha value is 0.440. The van der Waals surface area contributed by atoms with Crippen molar-refractivity contribution in [2.45, 2.75) is 75.6 Å². The summed E-state index contributed by atoms with van der Waals surface area (Å²) in [6, 6.07) is 0.922. The molecule has 3 aliphatic rings. The first-order chi connectivity index (χ1) is 9.24. The molecular formula is C17H30BrN. The summed E-state index contributed by atoms with van der Waals surface area (Å²) < 4.78 is 0. The fourth-order valence-electron chi connectivity index (χ4n) is 4.88. The highest BCUT2D eigenvalue weighted by molar-refractivity contribution is 9.09. The van der Waals surface area contributed by atoms with Crippen LogP contribution in [-0.2, 0) is 0 Å². The summed E-state index contributed by atoms with van der Waals surface area (Å²) in [5, 5.41) is 0. The summed E-state index contributed by atoms with van der Waals surface area (Å²) >= 11 is 3.81. The van der Waals surface area contributed by atoms with Crippen LogP contribution in [0.5, 0.6) is 0 Å². The Balaban J connectivity index is 1.63. The molecule has 2 saturated heterocycles. The molecule has 0 aromatic rings. The van der Waals surface area contributed by atoms with Gasteiger partial charge in [-0.2, -0.15) is 0 Å². The number of piperidine rings is 1. The van der Waals surface area contributed by atoms with E-state index in [9.17, 15) is 0 Å². The maximum absolute atomic E-state index is 3.81. The second kappa shape index (κ2) is 6.47. The van der Waals surface area contributed by atoms with Crippen LogP contribution in [0.1, 0.15) is 64.7 Å². The number of nitrogens with zero attached hydrogens (tertiary/aromatic N) is 1. The van der Waals surface area contributed by atoms with Crippen LogP contribution in [0, 0.1) is 17.8 Å². The molecule has 0 bridgehead atoms. The standard InChI is InChI=1S/C17H30BrN/c1-13-5-6-15(14-7-9-16(18)10-8-14)12-19-11-3-2-4-17(13)19/h13-17H,2-12H2,1H3. The Morgan fingerprint density at radius 2 is 1.58 bits per heavy atom. The van der Waals surface area contributed by atoms with Gasteiger partial charge in [0.1, 0.15) is 0 Å². The number of halogens is 1. The van der Waals surface area contributed by atoms with Crippen LogP contribution in [0.15, 0.2) is 0 Å². The number of hydrogen-bond acceptors (Lipinski definition) is 1. The summed E-state index contributed by atoms with van der Waals surface area (Å²) in [4.78, 5) is 3.70. The molecule has 0 spiro atoms. The van der Waals surface area contributed by atoms with Crippen LogP contribution < -0.4 is 0 Å². The minimum atomic E-state index is 0.816. The molecule has 2 heterocycles. The predicted octanol–water partition coefficient (Wildman–Crippen LogP) is 4.84. The van der Waals surface area contributed by atoms with Crippen molar-refractivity contribution in [3.63, 3.8) is 0 Å². The minimum Gasteiger partial charge on any atom is -0.300 e. The number of fused-ring (bicyclic) bond motifs is 1. The molecule has 3 fully saturated rings. The van der Waals surface area contributed by atoms with Gasteiger partial charge in [0.2, 0.25) is 0 Å². The van der Waals surface area contributed by atoms with Gasteiger partial charge in [-0.3, -0.25) is 4.90 Å². The van der Waals surface area contributed by atoms with Gasteiger partial charge in [-0.1, -0.05) is 29.3 Å². The zero-order valence-corrected chi connectivity index (χ0v) is 14.1. The smallest absolute Gasteiger partial charge is 0.0146 e. The van der Waals surface area contributed by atoms with Gasteiger partial charge in [-0.05, 0) is 75.7 Å². The van der Waals surface area contributed by atoms with E-state index in [0.717, 1.165) is 28.6 Å². The quantitative estimate of drug-likeness (QED) is 0.623. The molecule has 1 aliphatic carbocycles. The van der Waals surface area contributed by atoms with Gasteiger partial charge in [0.05, 0.1) is 0 Å². The van der Waals surface area contributed by atoms with Crippen molar-refractivity contribution in [3.05, 3.63) is 0 Å². The van der Waals surface area contributed by atoms with Crippen molar-refractivity contribution < 1.29 is 0 Å². The van der Waals surface area contributed by atoms with Crippen molar-refractivity contribution in [2.24, 2.45) is 17.8 Å². The van der Waals surface area contributed by atoms with Gasteiger partial charge in [0, 0.05) is 17.4 Å². The first-order valence-corrected chi connectivity index (χ1v) is 9.53. The topological polar surface area (TPSA) is 3.24 Å². The third-order valence-electron chi connectivity index (χ3n) is 6.15. The van der Waals surface area contributed by atoms with Gasteiger partial charge >= 0.3 is 0 Å². The summed E-state index contributed by atoms with van der Waals surface area (Å²) in [7, 11) is 0. The fraction of sp³-hybridized carbons (Fsp3) is 1.00. The van der Waals surface area contributed by atoms with Crippen LogP contribution in [0.4, 0.5) is 0 Å². The van der Waals surface area contributed by atoms with Gasteiger partial charge in [-0.15, -0.1) is 0 Å². The minimum absolute atomic E-state index is 0.816. The van der Waals surface area contributed by atoms with E-state index in [-0.39, 0.29) is 0 Å². The van der Waals surface area contributed by atoms with Crippen LogP contribution in [0.25, 0.3) is 0 Å². The SMILES string of the molecule is CC1CCC(C2CCC(Br)CC2)CN2CCCCC12. The third-order valence-corrected chi connectivity index (χ3v) is 7.07. The third kappa shape index (κ3) is 3.37. The average molecular weight is 328 g/mol. The highest BCUT2D eigenvalue weighted by Crippen LogP contribution is 2.40. The molecule has 3 unspecified atom stereocenters. The predicted molar refractivity (Wildman–Crippen MR) is 85.8 cm³/mol. The molecular weight excluding hydrogens is 298 g/mol. The van der Waals surface area contributed by atoms with E-state index in [4.69, 9.17) is 0 Å². The number of alkyl halides is 1. The van der Waals surface area contributed by atoms with E-state index in [1.54, 1.807) is 0 Å². The lowest BCUT2D eigenvalue weighted by atomic mass is 9.77. The Labute approximate surface area is 127 Å². The van der Waals surface area contributed by atoms with E-state index < -0.39 is 0 Å². The van der Waals surface area contributed by atoms with Crippen LogP contribution in [0.3, 0.4) is 0 Å². The van der Waals surface area contributed by atoms with E-state index in [1.807, 2.05) is 0 Å². The molecule has 0 aromatic carbocycles. The maximum atomic E-state index is 3.81. The Kier molecular flexibility index (Phi) is 4.90. The lowest BCUT2D eigenvalue weighted by molar-refractivity contribution is 0.0936. The molecule has 2 aliphatic heterocycles. The molecule has 0 N–H and O–H groups in total. The van der Waals surface area contributed by atoms with Crippen LogP contribution >= 0.6 is 15.9 Å². The van der Waals surface area contributed by atoms with Crippen molar-refractivity contribution in [3.8, 4) is 0 Å². The Morgan fingerprint density at radius 3 is 2.37 bits per heavy atom. The zero-order chi connectivity index (χ0) is 13.2. The molecule has 0 aromatic heterocycles. The Morgan fingerprint density at radius 1 is 0.842 bits per heavy atom. The molecule has 3 rings (SSSR count). The largest absolute Gasteiger partial charge is 0.300 e. The Bertz CT molecular complexity index is 285. The monoisotopic (exact) mass is 327 g/mol. The summed E-state index contributed by atoms with van der Waals surface area (Å²) in [6.45, 7) is 5.33. The first-order valence-electron chi connectivity index (χ1n) is 8.62. The van der Waals surface area contributed by atoms with Crippen LogP contribution in [-0.4, -0.2) is 28.9 Å². The second-order valence-electron chi connectivity index (χ2n) is 7.38. The summed E-state index contributed by atoms with van der Waals surface area (Å²) in [6.07, 6.45) is 13.2. The van der Waals surface area contributed by atoms with Crippen molar-refractivity contribution in [1.29, 1.82) is 0 Å². The second-order valence-corrected chi connectivity index (χ2v) is 8.68. The summed E-state index contributed by atoms with van der Waals surface area (Å²) in [5.41, 5.74) is 0. The lowest BCUT2D eigenvalue weighted by Gasteiger charge is -2.40. The maximum Gasteiger partial charge on any atom is 0.0146 e. The highest BCUT2D eigenvalue weighted by atomic mass is 79.9. The van der Waals surface area contributed by atoms with Gasteiger partial charge < -0.3 is 0 Å². The molecule has 1 nitrogen and oxygen atoms in total.